The van der Waals surface area contributed by atoms with Crippen LogP contribution >= 0.6 is 0 Å². The lowest BCUT2D eigenvalue weighted by Gasteiger charge is -2.29. The van der Waals surface area contributed by atoms with Gasteiger partial charge in [0.05, 0.1) is 5.92 Å². The second-order valence-electron chi connectivity index (χ2n) is 8.03. The van der Waals surface area contributed by atoms with Crippen LogP contribution in [0.1, 0.15) is 37.8 Å². The fraction of sp³-hybridized carbons (Fsp3) is 0.375. The standard InChI is InChI=1S/C24H27N3O3/c1-3-17-6-9-21(10-7-17)27-15-19(14-23(27)29)24(30)25-20-8-11-22-18(13-20)5-4-12-26(22)16(2)28/h6-11,13,19H,3-5,12,14-15H2,1-2H3,(H,25,30). The zero-order valence-electron chi connectivity index (χ0n) is 17.5. The Morgan fingerprint density at radius 1 is 1.13 bits per heavy atom. The molecular formula is C24H27N3O3. The maximum atomic E-state index is 12.8. The molecule has 2 heterocycles. The van der Waals surface area contributed by atoms with Gasteiger partial charge in [-0.05, 0) is 60.7 Å². The maximum absolute atomic E-state index is 12.8. The molecule has 0 aromatic heterocycles. The zero-order chi connectivity index (χ0) is 21.3. The smallest absolute Gasteiger partial charge is 0.229 e. The van der Waals surface area contributed by atoms with Gasteiger partial charge in [-0.2, -0.15) is 0 Å². The summed E-state index contributed by atoms with van der Waals surface area (Å²) in [4.78, 5) is 40.6. The van der Waals surface area contributed by atoms with Crippen molar-refractivity contribution in [2.45, 2.75) is 39.5 Å². The summed E-state index contributed by atoms with van der Waals surface area (Å²) < 4.78 is 0. The van der Waals surface area contributed by atoms with Crippen molar-refractivity contribution < 1.29 is 14.4 Å². The maximum Gasteiger partial charge on any atom is 0.229 e. The van der Waals surface area contributed by atoms with E-state index in [1.165, 1.54) is 5.56 Å². The Labute approximate surface area is 176 Å². The molecule has 156 valence electrons. The Morgan fingerprint density at radius 2 is 1.90 bits per heavy atom. The SMILES string of the molecule is CCc1ccc(N2CC(C(=O)Nc3ccc4c(c3)CCCN4C(C)=O)CC2=O)cc1. The monoisotopic (exact) mass is 405 g/mol. The van der Waals surface area contributed by atoms with Crippen LogP contribution in [0.3, 0.4) is 0 Å². The van der Waals surface area contributed by atoms with E-state index in [1.54, 1.807) is 16.7 Å². The number of carbonyl (C=O) groups excluding carboxylic acids is 3. The van der Waals surface area contributed by atoms with Gasteiger partial charge >= 0.3 is 0 Å². The molecule has 3 amide bonds. The zero-order valence-corrected chi connectivity index (χ0v) is 17.5. The molecular weight excluding hydrogens is 378 g/mol. The Hall–Kier alpha value is -3.15. The molecule has 6 nitrogen and oxygen atoms in total. The fourth-order valence-corrected chi connectivity index (χ4v) is 4.29. The number of amides is 3. The molecule has 4 rings (SSSR count). The van der Waals surface area contributed by atoms with Crippen LogP contribution in [0.5, 0.6) is 0 Å². The van der Waals surface area contributed by atoms with Crippen molar-refractivity contribution in [1.82, 2.24) is 0 Å². The van der Waals surface area contributed by atoms with Gasteiger partial charge in [0.15, 0.2) is 0 Å². The molecule has 0 aliphatic carbocycles. The second kappa shape index (κ2) is 8.30. The van der Waals surface area contributed by atoms with Gasteiger partial charge in [-0.25, -0.2) is 0 Å². The number of hydrogen-bond donors (Lipinski definition) is 1. The number of aryl methyl sites for hydroxylation is 2. The summed E-state index contributed by atoms with van der Waals surface area (Å²) >= 11 is 0. The molecule has 2 aliphatic rings. The molecule has 0 radical (unpaired) electrons. The molecule has 6 heteroatoms. The largest absolute Gasteiger partial charge is 0.326 e. The number of fused-ring (bicyclic) bond motifs is 1. The van der Waals surface area contributed by atoms with Crippen molar-refractivity contribution in [3.05, 3.63) is 53.6 Å². The fourth-order valence-electron chi connectivity index (χ4n) is 4.29. The van der Waals surface area contributed by atoms with Gasteiger partial charge < -0.3 is 15.1 Å². The van der Waals surface area contributed by atoms with Crippen LogP contribution in [0.4, 0.5) is 17.1 Å². The van der Waals surface area contributed by atoms with Gasteiger partial charge in [0.25, 0.3) is 0 Å². The van der Waals surface area contributed by atoms with E-state index < -0.39 is 0 Å². The minimum atomic E-state index is -0.381. The van der Waals surface area contributed by atoms with Crippen molar-refractivity contribution in [2.75, 3.05) is 28.2 Å². The first-order chi connectivity index (χ1) is 14.5. The highest BCUT2D eigenvalue weighted by Gasteiger charge is 2.35. The Bertz CT molecular complexity index is 984. The third-order valence-electron chi connectivity index (χ3n) is 6.00. The first kappa shape index (κ1) is 20.1. The third kappa shape index (κ3) is 3.95. The van der Waals surface area contributed by atoms with E-state index in [4.69, 9.17) is 0 Å². The molecule has 1 N–H and O–H groups in total. The lowest BCUT2D eigenvalue weighted by Crippen LogP contribution is -2.33. The molecule has 1 atom stereocenters. The first-order valence-electron chi connectivity index (χ1n) is 10.6. The Morgan fingerprint density at radius 3 is 2.60 bits per heavy atom. The van der Waals surface area contributed by atoms with E-state index in [1.807, 2.05) is 42.5 Å². The summed E-state index contributed by atoms with van der Waals surface area (Å²) in [5.74, 6) is -0.519. The molecule has 1 unspecified atom stereocenters. The highest BCUT2D eigenvalue weighted by atomic mass is 16.2. The molecule has 0 spiro atoms. The van der Waals surface area contributed by atoms with Crippen LogP contribution in [-0.2, 0) is 27.2 Å². The number of nitrogens with zero attached hydrogens (tertiary/aromatic N) is 2. The average molecular weight is 405 g/mol. The highest BCUT2D eigenvalue weighted by Crippen LogP contribution is 2.31. The quantitative estimate of drug-likeness (QED) is 0.846. The summed E-state index contributed by atoms with van der Waals surface area (Å²) in [6.45, 7) is 4.78. The van der Waals surface area contributed by atoms with Crippen LogP contribution in [-0.4, -0.2) is 30.8 Å². The average Bonchev–Trinajstić information content (AvgIpc) is 3.15. The van der Waals surface area contributed by atoms with Gasteiger partial charge in [0.2, 0.25) is 17.7 Å². The van der Waals surface area contributed by atoms with Gasteiger partial charge in [0, 0.05) is 43.5 Å². The summed E-state index contributed by atoms with van der Waals surface area (Å²) in [5.41, 5.74) is 4.75. The summed E-state index contributed by atoms with van der Waals surface area (Å²) in [6.07, 6.45) is 2.95. The number of anilines is 3. The molecule has 2 aliphatic heterocycles. The lowest BCUT2D eigenvalue weighted by molar-refractivity contribution is -0.122. The molecule has 1 saturated heterocycles. The molecule has 30 heavy (non-hydrogen) atoms. The summed E-state index contributed by atoms with van der Waals surface area (Å²) in [5, 5.41) is 2.97. The number of nitrogens with one attached hydrogen (secondary N) is 1. The second-order valence-corrected chi connectivity index (χ2v) is 8.03. The van der Waals surface area contributed by atoms with Crippen molar-refractivity contribution in [3.63, 3.8) is 0 Å². The van der Waals surface area contributed by atoms with E-state index in [9.17, 15) is 14.4 Å². The van der Waals surface area contributed by atoms with E-state index in [2.05, 4.69) is 12.2 Å². The van der Waals surface area contributed by atoms with Crippen molar-refractivity contribution in [1.29, 1.82) is 0 Å². The highest BCUT2D eigenvalue weighted by molar-refractivity contribution is 6.03. The number of hydrogen-bond acceptors (Lipinski definition) is 3. The topological polar surface area (TPSA) is 69.7 Å². The minimum absolute atomic E-state index is 0.0260. The third-order valence-corrected chi connectivity index (χ3v) is 6.00. The molecule has 1 fully saturated rings. The van der Waals surface area contributed by atoms with Gasteiger partial charge in [-0.15, -0.1) is 0 Å². The Kier molecular flexibility index (Phi) is 5.57. The predicted octanol–water partition coefficient (Wildman–Crippen LogP) is 3.54. The number of carbonyl (C=O) groups is 3. The molecule has 2 aromatic carbocycles. The van der Waals surface area contributed by atoms with Crippen molar-refractivity contribution >= 4 is 34.8 Å². The predicted molar refractivity (Wildman–Crippen MR) is 118 cm³/mol. The minimum Gasteiger partial charge on any atom is -0.326 e. The van der Waals surface area contributed by atoms with Crippen molar-refractivity contribution in [3.8, 4) is 0 Å². The first-order valence-corrected chi connectivity index (χ1v) is 10.6. The van der Waals surface area contributed by atoms with E-state index in [0.717, 1.165) is 42.7 Å². The van der Waals surface area contributed by atoms with Gasteiger partial charge in [0.1, 0.15) is 0 Å². The normalized spacial score (nSPS) is 18.3. The lowest BCUT2D eigenvalue weighted by atomic mass is 10.0. The van der Waals surface area contributed by atoms with E-state index in [-0.39, 0.29) is 30.1 Å². The summed E-state index contributed by atoms with van der Waals surface area (Å²) in [7, 11) is 0. The van der Waals surface area contributed by atoms with Crippen LogP contribution in [0.25, 0.3) is 0 Å². The van der Waals surface area contributed by atoms with Gasteiger partial charge in [-0.1, -0.05) is 19.1 Å². The van der Waals surface area contributed by atoms with E-state index >= 15 is 0 Å². The number of rotatable bonds is 4. The molecule has 0 bridgehead atoms. The van der Waals surface area contributed by atoms with E-state index in [0.29, 0.717) is 12.2 Å². The molecule has 0 saturated carbocycles. The number of benzene rings is 2. The van der Waals surface area contributed by atoms with Crippen LogP contribution in [0.15, 0.2) is 42.5 Å². The van der Waals surface area contributed by atoms with Crippen molar-refractivity contribution in [2.24, 2.45) is 5.92 Å². The van der Waals surface area contributed by atoms with Crippen LogP contribution < -0.4 is 15.1 Å². The van der Waals surface area contributed by atoms with Crippen LogP contribution in [0, 0.1) is 5.92 Å². The Balaban J connectivity index is 1.44. The summed E-state index contributed by atoms with van der Waals surface area (Å²) in [6, 6.07) is 13.6. The van der Waals surface area contributed by atoms with Crippen LogP contribution in [0.2, 0.25) is 0 Å². The molecule has 2 aromatic rings. The van der Waals surface area contributed by atoms with Gasteiger partial charge in [-0.3, -0.25) is 14.4 Å².